The third-order valence-corrected chi connectivity index (χ3v) is 1.56. The van der Waals surface area contributed by atoms with E-state index in [1.807, 2.05) is 6.92 Å². The van der Waals surface area contributed by atoms with E-state index < -0.39 is 11.9 Å². The van der Waals surface area contributed by atoms with Gasteiger partial charge in [0.1, 0.15) is 5.92 Å². The number of nitrogens with one attached hydrogen (secondary N) is 1. The molecule has 1 unspecified atom stereocenters. The second kappa shape index (κ2) is 5.57. The Morgan fingerprint density at radius 2 is 2.00 bits per heavy atom. The van der Waals surface area contributed by atoms with Crippen molar-refractivity contribution in [3.05, 3.63) is 0 Å². The third kappa shape index (κ3) is 2.90. The van der Waals surface area contributed by atoms with E-state index >= 15 is 0 Å². The molecule has 12 heavy (non-hydrogen) atoms. The summed E-state index contributed by atoms with van der Waals surface area (Å²) in [6.07, 6.45) is 0.471. The first kappa shape index (κ1) is 10.9. The second-order valence-electron chi connectivity index (χ2n) is 2.38. The maximum Gasteiger partial charge on any atom is 0.318 e. The van der Waals surface area contributed by atoms with E-state index in [-0.39, 0.29) is 5.91 Å². The second-order valence-corrected chi connectivity index (χ2v) is 2.38. The molecule has 0 saturated heterocycles. The minimum atomic E-state index is -0.657. The molecule has 0 aromatic heterocycles. The van der Waals surface area contributed by atoms with Crippen molar-refractivity contribution in [2.24, 2.45) is 5.92 Å². The van der Waals surface area contributed by atoms with E-state index in [1.165, 1.54) is 7.11 Å². The number of hydrogen-bond donors (Lipinski definition) is 1. The molecule has 0 radical (unpaired) electrons. The number of carbonyl (C=O) groups is 2. The third-order valence-electron chi connectivity index (χ3n) is 1.56. The summed E-state index contributed by atoms with van der Waals surface area (Å²) in [4.78, 5) is 22.1. The van der Waals surface area contributed by atoms with Crippen LogP contribution in [0.25, 0.3) is 0 Å². The van der Waals surface area contributed by atoms with E-state index in [9.17, 15) is 9.59 Å². The maximum absolute atomic E-state index is 11.2. The van der Waals surface area contributed by atoms with Crippen molar-refractivity contribution < 1.29 is 14.3 Å². The average Bonchev–Trinajstić information content (AvgIpc) is 2.06. The lowest BCUT2D eigenvalue weighted by Crippen LogP contribution is -2.35. The molecular formula is C8H15NO3. The van der Waals surface area contributed by atoms with Crippen molar-refractivity contribution in [1.29, 1.82) is 0 Å². The topological polar surface area (TPSA) is 55.4 Å². The molecule has 0 aromatic carbocycles. The zero-order valence-electron chi connectivity index (χ0n) is 7.72. The van der Waals surface area contributed by atoms with Gasteiger partial charge in [-0.05, 0) is 13.3 Å². The van der Waals surface area contributed by atoms with Gasteiger partial charge in [-0.2, -0.15) is 0 Å². The monoisotopic (exact) mass is 173 g/mol. The smallest absolute Gasteiger partial charge is 0.318 e. The van der Waals surface area contributed by atoms with Gasteiger partial charge in [0.25, 0.3) is 0 Å². The fourth-order valence-electron chi connectivity index (χ4n) is 0.899. The Bertz CT molecular complexity index is 168. The fourth-order valence-corrected chi connectivity index (χ4v) is 0.899. The van der Waals surface area contributed by atoms with Crippen LogP contribution < -0.4 is 5.32 Å². The Kier molecular flexibility index (Phi) is 5.08. The predicted molar refractivity (Wildman–Crippen MR) is 44.5 cm³/mol. The lowest BCUT2D eigenvalue weighted by Gasteiger charge is -2.10. The molecular weight excluding hydrogens is 158 g/mol. The van der Waals surface area contributed by atoms with Gasteiger partial charge >= 0.3 is 5.97 Å². The highest BCUT2D eigenvalue weighted by Crippen LogP contribution is 2.04. The molecule has 0 aliphatic carbocycles. The zero-order valence-corrected chi connectivity index (χ0v) is 7.72. The Morgan fingerprint density at radius 3 is 2.33 bits per heavy atom. The van der Waals surface area contributed by atoms with Gasteiger partial charge in [-0.25, -0.2) is 0 Å². The Morgan fingerprint density at radius 1 is 1.42 bits per heavy atom. The molecule has 0 bridgehead atoms. The minimum Gasteiger partial charge on any atom is -0.468 e. The van der Waals surface area contributed by atoms with Gasteiger partial charge in [-0.1, -0.05) is 6.92 Å². The Balaban J connectivity index is 4.14. The number of rotatable bonds is 4. The first-order valence-corrected chi connectivity index (χ1v) is 4.02. The number of amides is 1. The first-order chi connectivity index (χ1) is 5.67. The van der Waals surface area contributed by atoms with E-state index in [1.54, 1.807) is 6.92 Å². The lowest BCUT2D eigenvalue weighted by atomic mass is 10.1. The van der Waals surface area contributed by atoms with Gasteiger partial charge in [0.2, 0.25) is 5.91 Å². The fraction of sp³-hybridized carbons (Fsp3) is 0.750. The summed E-state index contributed by atoms with van der Waals surface area (Å²) in [5.74, 6) is -1.38. The lowest BCUT2D eigenvalue weighted by molar-refractivity contribution is -0.150. The molecule has 0 fully saturated rings. The molecule has 1 atom stereocenters. The molecule has 0 spiro atoms. The van der Waals surface area contributed by atoms with E-state index in [0.717, 1.165) is 0 Å². The SMILES string of the molecule is CCNC(=O)C(CC)C(=O)OC. The largest absolute Gasteiger partial charge is 0.468 e. The number of esters is 1. The summed E-state index contributed by atoms with van der Waals surface area (Å²) in [6.45, 7) is 4.12. The summed E-state index contributed by atoms with van der Waals surface area (Å²) in [7, 11) is 1.28. The highest BCUT2D eigenvalue weighted by atomic mass is 16.5. The van der Waals surface area contributed by atoms with Crippen molar-refractivity contribution in [2.45, 2.75) is 20.3 Å². The van der Waals surface area contributed by atoms with Crippen molar-refractivity contribution in [3.63, 3.8) is 0 Å². The van der Waals surface area contributed by atoms with Crippen LogP contribution in [-0.2, 0) is 14.3 Å². The first-order valence-electron chi connectivity index (χ1n) is 4.02. The molecule has 1 amide bonds. The van der Waals surface area contributed by atoms with Crippen LogP contribution in [0.3, 0.4) is 0 Å². The molecule has 4 nitrogen and oxygen atoms in total. The normalized spacial score (nSPS) is 11.9. The quantitative estimate of drug-likeness (QED) is 0.492. The van der Waals surface area contributed by atoms with E-state index in [4.69, 9.17) is 0 Å². The molecule has 1 N–H and O–H groups in total. The molecule has 0 aliphatic heterocycles. The van der Waals surface area contributed by atoms with Crippen molar-refractivity contribution >= 4 is 11.9 Å². The van der Waals surface area contributed by atoms with E-state index in [2.05, 4.69) is 10.1 Å². The molecule has 4 heteroatoms. The maximum atomic E-state index is 11.2. The molecule has 0 aromatic rings. The minimum absolute atomic E-state index is 0.258. The summed E-state index contributed by atoms with van der Waals surface area (Å²) in [6, 6.07) is 0. The summed E-state index contributed by atoms with van der Waals surface area (Å²) in [5.41, 5.74) is 0. The summed E-state index contributed by atoms with van der Waals surface area (Å²) >= 11 is 0. The molecule has 70 valence electrons. The molecule has 0 rings (SSSR count). The van der Waals surface area contributed by atoms with Crippen LogP contribution in [0.5, 0.6) is 0 Å². The Labute approximate surface area is 72.3 Å². The van der Waals surface area contributed by atoms with Crippen LogP contribution in [0, 0.1) is 5.92 Å². The zero-order chi connectivity index (χ0) is 9.56. The molecule has 0 heterocycles. The van der Waals surface area contributed by atoms with Gasteiger partial charge in [0.15, 0.2) is 0 Å². The number of carbonyl (C=O) groups excluding carboxylic acids is 2. The van der Waals surface area contributed by atoms with Gasteiger partial charge in [-0.15, -0.1) is 0 Å². The number of ether oxygens (including phenoxy) is 1. The van der Waals surface area contributed by atoms with Crippen LogP contribution in [0.15, 0.2) is 0 Å². The van der Waals surface area contributed by atoms with Gasteiger partial charge in [0.05, 0.1) is 7.11 Å². The molecule has 0 aliphatic rings. The highest BCUT2D eigenvalue weighted by Gasteiger charge is 2.24. The highest BCUT2D eigenvalue weighted by molar-refractivity contribution is 5.97. The van der Waals surface area contributed by atoms with Crippen LogP contribution in [-0.4, -0.2) is 25.5 Å². The standard InChI is InChI=1S/C8H15NO3/c1-4-6(8(11)12-3)7(10)9-5-2/h6H,4-5H2,1-3H3,(H,9,10). The van der Waals surface area contributed by atoms with Crippen LogP contribution in [0.4, 0.5) is 0 Å². The van der Waals surface area contributed by atoms with Crippen LogP contribution >= 0.6 is 0 Å². The van der Waals surface area contributed by atoms with Crippen LogP contribution in [0.1, 0.15) is 20.3 Å². The van der Waals surface area contributed by atoms with Gasteiger partial charge < -0.3 is 10.1 Å². The number of methoxy groups -OCH3 is 1. The van der Waals surface area contributed by atoms with Crippen LogP contribution in [0.2, 0.25) is 0 Å². The summed E-state index contributed by atoms with van der Waals surface area (Å²) in [5, 5.41) is 2.57. The van der Waals surface area contributed by atoms with Crippen molar-refractivity contribution in [3.8, 4) is 0 Å². The van der Waals surface area contributed by atoms with Gasteiger partial charge in [-0.3, -0.25) is 9.59 Å². The predicted octanol–water partition coefficient (Wildman–Crippen LogP) is 0.322. The van der Waals surface area contributed by atoms with Gasteiger partial charge in [0, 0.05) is 6.54 Å². The Hall–Kier alpha value is -1.06. The number of hydrogen-bond acceptors (Lipinski definition) is 3. The van der Waals surface area contributed by atoms with Crippen molar-refractivity contribution in [1.82, 2.24) is 5.32 Å². The summed E-state index contributed by atoms with van der Waals surface area (Å²) < 4.78 is 4.47. The van der Waals surface area contributed by atoms with Crippen molar-refractivity contribution in [2.75, 3.05) is 13.7 Å². The molecule has 0 saturated carbocycles. The average molecular weight is 173 g/mol. The van der Waals surface area contributed by atoms with E-state index in [0.29, 0.717) is 13.0 Å².